The third kappa shape index (κ3) is 5.18. The van der Waals surface area contributed by atoms with E-state index in [4.69, 9.17) is 23.2 Å². The zero-order valence-corrected chi connectivity index (χ0v) is 15.4. The predicted octanol–water partition coefficient (Wildman–Crippen LogP) is 4.47. The van der Waals surface area contributed by atoms with Gasteiger partial charge in [-0.25, -0.2) is 4.98 Å². The highest BCUT2D eigenvalue weighted by Gasteiger charge is 2.14. The van der Waals surface area contributed by atoms with Gasteiger partial charge in [0.1, 0.15) is 0 Å². The molecule has 1 aromatic heterocycles. The van der Waals surface area contributed by atoms with Gasteiger partial charge in [0.25, 0.3) is 0 Å². The quantitative estimate of drug-likeness (QED) is 0.780. The van der Waals surface area contributed by atoms with Gasteiger partial charge in [0.2, 0.25) is 5.91 Å². The molecule has 2 rings (SSSR count). The van der Waals surface area contributed by atoms with Crippen molar-refractivity contribution >= 4 is 46.1 Å². The summed E-state index contributed by atoms with van der Waals surface area (Å²) in [6.07, 6.45) is 0.933. The number of hydrogen-bond acceptors (Lipinski definition) is 4. The van der Waals surface area contributed by atoms with Gasteiger partial charge in [0.15, 0.2) is 0 Å². The summed E-state index contributed by atoms with van der Waals surface area (Å²) in [6.45, 7) is 5.76. The van der Waals surface area contributed by atoms with Gasteiger partial charge < -0.3 is 5.32 Å². The zero-order chi connectivity index (χ0) is 16.8. The van der Waals surface area contributed by atoms with Crippen molar-refractivity contribution < 1.29 is 4.79 Å². The number of amides is 1. The maximum atomic E-state index is 12.2. The summed E-state index contributed by atoms with van der Waals surface area (Å²) in [5.41, 5.74) is 1.45. The number of aryl methyl sites for hydroxylation is 1. The molecule has 1 amide bonds. The van der Waals surface area contributed by atoms with Crippen molar-refractivity contribution in [2.24, 2.45) is 0 Å². The molecule has 7 heteroatoms. The molecule has 0 aliphatic carbocycles. The average molecular weight is 372 g/mol. The summed E-state index contributed by atoms with van der Waals surface area (Å²) in [5.74, 6) is -0.146. The van der Waals surface area contributed by atoms with Crippen molar-refractivity contribution in [1.82, 2.24) is 9.88 Å². The number of hydrogen-bond donors (Lipinski definition) is 1. The number of carbonyl (C=O) groups excluding carboxylic acids is 1. The van der Waals surface area contributed by atoms with Crippen LogP contribution in [0.2, 0.25) is 10.0 Å². The van der Waals surface area contributed by atoms with E-state index in [-0.39, 0.29) is 12.5 Å². The molecule has 1 N–H and O–H groups in total. The van der Waals surface area contributed by atoms with Crippen LogP contribution in [0.25, 0.3) is 0 Å². The Bertz CT molecular complexity index is 655. The van der Waals surface area contributed by atoms with Crippen LogP contribution in [0.4, 0.5) is 5.69 Å². The monoisotopic (exact) mass is 371 g/mol. The molecule has 23 heavy (non-hydrogen) atoms. The summed E-state index contributed by atoms with van der Waals surface area (Å²) >= 11 is 13.8. The topological polar surface area (TPSA) is 45.2 Å². The molecule has 0 spiro atoms. The largest absolute Gasteiger partial charge is 0.322 e. The molecule has 0 bridgehead atoms. The lowest BCUT2D eigenvalue weighted by molar-refractivity contribution is -0.117. The van der Waals surface area contributed by atoms with Crippen molar-refractivity contribution in [2.75, 3.05) is 18.4 Å². The second kappa shape index (κ2) is 8.64. The van der Waals surface area contributed by atoms with Gasteiger partial charge in [0, 0.05) is 11.9 Å². The molecule has 0 fully saturated rings. The van der Waals surface area contributed by atoms with E-state index in [1.807, 2.05) is 17.2 Å². The second-order valence-electron chi connectivity index (χ2n) is 5.03. The van der Waals surface area contributed by atoms with E-state index in [1.165, 1.54) is 0 Å². The molecule has 0 aliphatic rings. The van der Waals surface area contributed by atoms with Crippen LogP contribution in [0.1, 0.15) is 24.5 Å². The maximum Gasteiger partial charge on any atom is 0.238 e. The first-order valence-corrected chi connectivity index (χ1v) is 9.06. The molecule has 0 saturated carbocycles. The van der Waals surface area contributed by atoms with Gasteiger partial charge in [-0.3, -0.25) is 9.69 Å². The first-order valence-electron chi connectivity index (χ1n) is 7.43. The van der Waals surface area contributed by atoms with Gasteiger partial charge in [-0.05, 0) is 25.1 Å². The summed E-state index contributed by atoms with van der Waals surface area (Å²) in [6, 6.07) is 5.14. The number of halogens is 2. The highest BCUT2D eigenvalue weighted by atomic mass is 35.5. The Kier molecular flexibility index (Phi) is 6.84. The molecule has 1 aromatic carbocycles. The van der Waals surface area contributed by atoms with E-state index < -0.39 is 0 Å². The van der Waals surface area contributed by atoms with Crippen LogP contribution in [0, 0.1) is 0 Å². The summed E-state index contributed by atoms with van der Waals surface area (Å²) < 4.78 is 0. The third-order valence-electron chi connectivity index (χ3n) is 3.33. The number of para-hydroxylation sites is 1. The van der Waals surface area contributed by atoms with Crippen LogP contribution in [0.3, 0.4) is 0 Å². The van der Waals surface area contributed by atoms with Crippen molar-refractivity contribution in [1.29, 1.82) is 0 Å². The molecule has 0 saturated heterocycles. The van der Waals surface area contributed by atoms with Gasteiger partial charge in [-0.2, -0.15) is 0 Å². The Morgan fingerprint density at radius 3 is 2.57 bits per heavy atom. The molecular weight excluding hydrogens is 353 g/mol. The van der Waals surface area contributed by atoms with Crippen LogP contribution >= 0.6 is 34.5 Å². The van der Waals surface area contributed by atoms with Crippen LogP contribution in [-0.2, 0) is 17.8 Å². The van der Waals surface area contributed by atoms with Crippen molar-refractivity contribution in [3.05, 3.63) is 44.3 Å². The molecule has 0 aliphatic heterocycles. The maximum absolute atomic E-state index is 12.2. The summed E-state index contributed by atoms with van der Waals surface area (Å²) in [4.78, 5) is 18.8. The van der Waals surface area contributed by atoms with E-state index >= 15 is 0 Å². The van der Waals surface area contributed by atoms with E-state index in [1.54, 1.807) is 29.5 Å². The van der Waals surface area contributed by atoms with Gasteiger partial charge in [-0.15, -0.1) is 11.3 Å². The van der Waals surface area contributed by atoms with Crippen LogP contribution < -0.4 is 5.32 Å². The molecule has 0 unspecified atom stereocenters. The number of likely N-dealkylation sites (N-methyl/N-ethyl adjacent to an activating group) is 1. The number of thiazole rings is 1. The van der Waals surface area contributed by atoms with Crippen molar-refractivity contribution in [2.45, 2.75) is 26.8 Å². The Morgan fingerprint density at radius 2 is 2.00 bits per heavy atom. The smallest absolute Gasteiger partial charge is 0.238 e. The zero-order valence-electron chi connectivity index (χ0n) is 13.1. The minimum absolute atomic E-state index is 0.146. The van der Waals surface area contributed by atoms with E-state index in [0.29, 0.717) is 22.3 Å². The standard InChI is InChI=1S/C16H19Cl2N3OS/c1-3-15-19-11(10-23-15)8-21(4-2)9-14(22)20-16-12(17)6-5-7-13(16)18/h5-7,10H,3-4,8-9H2,1-2H3,(H,20,22). The minimum atomic E-state index is -0.146. The number of benzene rings is 1. The fourth-order valence-electron chi connectivity index (χ4n) is 2.09. The lowest BCUT2D eigenvalue weighted by Crippen LogP contribution is -2.33. The number of anilines is 1. The lowest BCUT2D eigenvalue weighted by Gasteiger charge is -2.19. The van der Waals surface area contributed by atoms with Crippen LogP contribution in [0.15, 0.2) is 23.6 Å². The Labute approximate surface area is 150 Å². The van der Waals surface area contributed by atoms with Crippen LogP contribution in [0.5, 0.6) is 0 Å². The minimum Gasteiger partial charge on any atom is -0.322 e. The fraction of sp³-hybridized carbons (Fsp3) is 0.375. The second-order valence-corrected chi connectivity index (χ2v) is 6.79. The lowest BCUT2D eigenvalue weighted by atomic mass is 10.3. The summed E-state index contributed by atoms with van der Waals surface area (Å²) in [5, 5.41) is 6.81. The number of nitrogens with zero attached hydrogens (tertiary/aromatic N) is 2. The molecule has 4 nitrogen and oxygen atoms in total. The molecule has 1 heterocycles. The average Bonchev–Trinajstić information content (AvgIpc) is 2.98. The Morgan fingerprint density at radius 1 is 1.30 bits per heavy atom. The number of aromatic nitrogens is 1. The number of nitrogens with one attached hydrogen (secondary N) is 1. The third-order valence-corrected chi connectivity index (χ3v) is 5.00. The predicted molar refractivity (Wildman–Crippen MR) is 97.5 cm³/mol. The van der Waals surface area contributed by atoms with Gasteiger partial charge in [-0.1, -0.05) is 43.1 Å². The number of carbonyl (C=O) groups is 1. The molecule has 124 valence electrons. The van der Waals surface area contributed by atoms with E-state index in [9.17, 15) is 4.79 Å². The Balaban J connectivity index is 1.96. The normalized spacial score (nSPS) is 11.0. The van der Waals surface area contributed by atoms with Gasteiger partial charge >= 0.3 is 0 Å². The Hall–Kier alpha value is -1.14. The number of rotatable bonds is 7. The SMILES string of the molecule is CCc1nc(CN(CC)CC(=O)Nc2c(Cl)cccc2Cl)cs1. The fourth-order valence-corrected chi connectivity index (χ4v) is 3.32. The summed E-state index contributed by atoms with van der Waals surface area (Å²) in [7, 11) is 0. The first kappa shape index (κ1) is 18.2. The van der Waals surface area contributed by atoms with Crippen molar-refractivity contribution in [3.63, 3.8) is 0 Å². The molecule has 2 aromatic rings. The van der Waals surface area contributed by atoms with Gasteiger partial charge in [0.05, 0.1) is 33.0 Å². The first-order chi connectivity index (χ1) is 11.0. The molecular formula is C16H19Cl2N3OS. The highest BCUT2D eigenvalue weighted by molar-refractivity contribution is 7.09. The van der Waals surface area contributed by atoms with E-state index in [0.717, 1.165) is 23.7 Å². The van der Waals surface area contributed by atoms with Crippen LogP contribution in [-0.4, -0.2) is 28.9 Å². The van der Waals surface area contributed by atoms with Crippen molar-refractivity contribution in [3.8, 4) is 0 Å². The molecule has 0 atom stereocenters. The molecule has 0 radical (unpaired) electrons. The van der Waals surface area contributed by atoms with E-state index in [2.05, 4.69) is 17.2 Å². The highest BCUT2D eigenvalue weighted by Crippen LogP contribution is 2.29.